The van der Waals surface area contributed by atoms with Gasteiger partial charge in [0.25, 0.3) is 0 Å². The Morgan fingerprint density at radius 2 is 1.39 bits per heavy atom. The van der Waals surface area contributed by atoms with E-state index in [-0.39, 0.29) is 17.1 Å². The van der Waals surface area contributed by atoms with Crippen molar-refractivity contribution in [1.82, 2.24) is 0 Å². The van der Waals surface area contributed by atoms with Crippen molar-refractivity contribution in [3.05, 3.63) is 0 Å². The van der Waals surface area contributed by atoms with Gasteiger partial charge in [0.1, 0.15) is 0 Å². The van der Waals surface area contributed by atoms with Gasteiger partial charge in [-0.3, -0.25) is 0 Å². The van der Waals surface area contributed by atoms with Gasteiger partial charge in [-0.1, -0.05) is 55.4 Å². The van der Waals surface area contributed by atoms with Crippen molar-refractivity contribution in [3.8, 4) is 0 Å². The molecule has 0 radical (unpaired) electrons. The summed E-state index contributed by atoms with van der Waals surface area (Å²) in [7, 11) is 0. The molecule has 1 N–H and O–H groups in total. The largest absolute Gasteiger partial charge is 0.393 e. The molecule has 1 saturated heterocycles. The van der Waals surface area contributed by atoms with Gasteiger partial charge in [0.05, 0.1) is 18.3 Å². The van der Waals surface area contributed by atoms with Gasteiger partial charge in [0.2, 0.25) is 0 Å². The zero-order chi connectivity index (χ0) is 24.2. The Kier molecular flexibility index (Phi) is 5.40. The third kappa shape index (κ3) is 3.04. The number of aliphatic hydroxyl groups excluding tert-OH is 1. The Morgan fingerprint density at radius 1 is 0.727 bits per heavy atom. The second-order valence-corrected chi connectivity index (χ2v) is 15.8. The van der Waals surface area contributed by atoms with Crippen molar-refractivity contribution >= 4 is 0 Å². The van der Waals surface area contributed by atoms with E-state index >= 15 is 0 Å². The molecule has 0 amide bonds. The number of fused-ring (bicyclic) bond motifs is 5. The van der Waals surface area contributed by atoms with Crippen LogP contribution in [0.3, 0.4) is 0 Å². The molecule has 1 heterocycles. The summed E-state index contributed by atoms with van der Waals surface area (Å²) in [6.45, 7) is 23.4. The molecule has 0 bridgehead atoms. The summed E-state index contributed by atoms with van der Waals surface area (Å²) in [6, 6.07) is 0. The van der Waals surface area contributed by atoms with Crippen LogP contribution in [0.15, 0.2) is 0 Å². The van der Waals surface area contributed by atoms with E-state index in [2.05, 4.69) is 62.3 Å². The molecule has 4 aliphatic carbocycles. The van der Waals surface area contributed by atoms with Crippen LogP contribution >= 0.6 is 0 Å². The number of rotatable bonds is 2. The lowest BCUT2D eigenvalue weighted by molar-refractivity contribution is -0.223. The van der Waals surface area contributed by atoms with Crippen LogP contribution in [0, 0.1) is 56.7 Å². The molecule has 1 aliphatic heterocycles. The van der Waals surface area contributed by atoms with Gasteiger partial charge in [0, 0.05) is 0 Å². The van der Waals surface area contributed by atoms with Gasteiger partial charge in [-0.05, 0) is 121 Å². The van der Waals surface area contributed by atoms with Crippen molar-refractivity contribution in [2.75, 3.05) is 6.61 Å². The van der Waals surface area contributed by atoms with Gasteiger partial charge in [-0.2, -0.15) is 0 Å². The lowest BCUT2D eigenvalue weighted by Crippen LogP contribution is -2.64. The average Bonchev–Trinajstić information content (AvgIpc) is 3.25. The predicted octanol–water partition coefficient (Wildman–Crippen LogP) is 7.87. The maximum absolute atomic E-state index is 10.9. The van der Waals surface area contributed by atoms with Crippen LogP contribution in [0.25, 0.3) is 0 Å². The summed E-state index contributed by atoms with van der Waals surface area (Å²) in [5.74, 6) is 3.72. The molecular weight excluding hydrogens is 404 g/mol. The molecule has 0 aromatic carbocycles. The molecular formula is C31H54O2. The molecule has 10 atom stereocenters. The van der Waals surface area contributed by atoms with Crippen molar-refractivity contribution in [3.63, 3.8) is 0 Å². The Labute approximate surface area is 205 Å². The fraction of sp³-hybridized carbons (Fsp3) is 1.00. The maximum Gasteiger partial charge on any atom is 0.0683 e. The number of ether oxygens (including phenoxy) is 1. The molecule has 2 heteroatoms. The summed E-state index contributed by atoms with van der Waals surface area (Å²) < 4.78 is 6.57. The SMILES string of the molecule is CC(C)C1(C)CC(C)(C2CCC3(C)C2CCC2C4(C)CCC(O)C(C)(C)C4CCC23C)CO1. The fourth-order valence-corrected chi connectivity index (χ4v) is 11.4. The zero-order valence-corrected chi connectivity index (χ0v) is 23.4. The Morgan fingerprint density at radius 3 is 2.03 bits per heavy atom. The van der Waals surface area contributed by atoms with E-state index in [9.17, 15) is 5.11 Å². The van der Waals surface area contributed by atoms with Crippen molar-refractivity contribution in [1.29, 1.82) is 0 Å². The lowest BCUT2D eigenvalue weighted by atomic mass is 9.35. The van der Waals surface area contributed by atoms with E-state index in [0.29, 0.717) is 33.5 Å². The van der Waals surface area contributed by atoms with Crippen molar-refractivity contribution < 1.29 is 9.84 Å². The summed E-state index contributed by atoms with van der Waals surface area (Å²) in [5.41, 5.74) is 1.72. The van der Waals surface area contributed by atoms with E-state index in [0.717, 1.165) is 30.8 Å². The molecule has 0 spiro atoms. The first-order valence-corrected chi connectivity index (χ1v) is 14.5. The highest BCUT2D eigenvalue weighted by Crippen LogP contribution is 2.76. The van der Waals surface area contributed by atoms with Crippen molar-refractivity contribution in [2.45, 2.75) is 132 Å². The highest BCUT2D eigenvalue weighted by atomic mass is 16.5. The molecule has 4 saturated carbocycles. The smallest absolute Gasteiger partial charge is 0.0683 e. The van der Waals surface area contributed by atoms with Gasteiger partial charge in [0.15, 0.2) is 0 Å². The minimum atomic E-state index is -0.125. The third-order valence-corrected chi connectivity index (χ3v) is 14.0. The Balaban J connectivity index is 1.45. The molecule has 5 rings (SSSR count). The van der Waals surface area contributed by atoms with E-state index in [4.69, 9.17) is 4.74 Å². The second kappa shape index (κ2) is 7.24. The van der Waals surface area contributed by atoms with Crippen LogP contribution in [-0.2, 0) is 4.74 Å². The van der Waals surface area contributed by atoms with E-state index in [1.807, 2.05) is 0 Å². The van der Waals surface area contributed by atoms with Crippen LogP contribution in [0.1, 0.15) is 120 Å². The Hall–Kier alpha value is -0.0800. The summed E-state index contributed by atoms with van der Waals surface area (Å²) in [6.07, 6.45) is 11.7. The number of hydrogen-bond donors (Lipinski definition) is 1. The third-order valence-electron chi connectivity index (χ3n) is 14.0. The minimum Gasteiger partial charge on any atom is -0.393 e. The summed E-state index contributed by atoms with van der Waals surface area (Å²) >= 11 is 0. The number of aliphatic hydroxyl groups is 1. The fourth-order valence-electron chi connectivity index (χ4n) is 11.4. The van der Waals surface area contributed by atoms with E-state index < -0.39 is 0 Å². The zero-order valence-electron chi connectivity index (χ0n) is 23.4. The van der Waals surface area contributed by atoms with E-state index in [1.54, 1.807) is 0 Å². The first kappa shape index (κ1) is 24.6. The standard InChI is InChI=1S/C31H54O2/c1-20(2)31(9)18-27(5,19-33-31)21-12-16-29(7)22(21)10-11-24-28(6)15-14-25(32)26(3,4)23(28)13-17-30(24,29)8/h20-25,32H,10-19H2,1-9H3. The molecule has 5 fully saturated rings. The van der Waals surface area contributed by atoms with Crippen LogP contribution in [-0.4, -0.2) is 23.4 Å². The van der Waals surface area contributed by atoms with Crippen LogP contribution in [0.2, 0.25) is 0 Å². The first-order valence-electron chi connectivity index (χ1n) is 14.5. The second-order valence-electron chi connectivity index (χ2n) is 15.8. The first-order chi connectivity index (χ1) is 15.1. The molecule has 10 unspecified atom stereocenters. The highest BCUT2D eigenvalue weighted by Gasteiger charge is 2.70. The van der Waals surface area contributed by atoms with Gasteiger partial charge < -0.3 is 9.84 Å². The highest BCUT2D eigenvalue weighted by molar-refractivity contribution is 5.18. The number of hydrogen-bond acceptors (Lipinski definition) is 2. The monoisotopic (exact) mass is 458 g/mol. The molecule has 2 nitrogen and oxygen atoms in total. The molecule has 0 aromatic heterocycles. The lowest BCUT2D eigenvalue weighted by Gasteiger charge is -2.70. The summed E-state index contributed by atoms with van der Waals surface area (Å²) in [5, 5.41) is 10.9. The van der Waals surface area contributed by atoms with E-state index in [1.165, 1.54) is 51.4 Å². The summed E-state index contributed by atoms with van der Waals surface area (Å²) in [4.78, 5) is 0. The van der Waals surface area contributed by atoms with Crippen molar-refractivity contribution in [2.24, 2.45) is 56.7 Å². The minimum absolute atomic E-state index is 0.0505. The van der Waals surface area contributed by atoms with Gasteiger partial charge in [-0.25, -0.2) is 0 Å². The van der Waals surface area contributed by atoms with Gasteiger partial charge in [-0.15, -0.1) is 0 Å². The van der Waals surface area contributed by atoms with Crippen LogP contribution in [0.5, 0.6) is 0 Å². The predicted molar refractivity (Wildman–Crippen MR) is 137 cm³/mol. The average molecular weight is 459 g/mol. The normalized spacial score (nSPS) is 58.1. The molecule has 190 valence electrons. The quantitative estimate of drug-likeness (QED) is 0.456. The molecule has 33 heavy (non-hydrogen) atoms. The topological polar surface area (TPSA) is 29.5 Å². The molecule has 5 aliphatic rings. The molecule has 0 aromatic rings. The van der Waals surface area contributed by atoms with Crippen LogP contribution in [0.4, 0.5) is 0 Å². The van der Waals surface area contributed by atoms with Gasteiger partial charge >= 0.3 is 0 Å². The maximum atomic E-state index is 10.9. The Bertz CT molecular complexity index is 788. The van der Waals surface area contributed by atoms with Crippen LogP contribution < -0.4 is 0 Å².